The van der Waals surface area contributed by atoms with Gasteiger partial charge in [0, 0.05) is 37.7 Å². The van der Waals surface area contributed by atoms with E-state index >= 15 is 0 Å². The second-order valence-corrected chi connectivity index (χ2v) is 6.36. The first-order valence-electron chi connectivity index (χ1n) is 7.27. The topological polar surface area (TPSA) is 44.7 Å². The Morgan fingerprint density at radius 1 is 1.50 bits per heavy atom. The molecular weight excluding hydrogens is 228 g/mol. The van der Waals surface area contributed by atoms with E-state index in [9.17, 15) is 5.11 Å². The van der Waals surface area contributed by atoms with Crippen LogP contribution in [-0.2, 0) is 4.74 Å². The molecule has 4 heteroatoms. The molecule has 106 valence electrons. The molecule has 0 aromatic rings. The van der Waals surface area contributed by atoms with Gasteiger partial charge in [-0.15, -0.1) is 0 Å². The Morgan fingerprint density at radius 2 is 2.28 bits per heavy atom. The first-order chi connectivity index (χ1) is 8.60. The van der Waals surface area contributed by atoms with E-state index in [1.54, 1.807) is 0 Å². The molecule has 2 rings (SSSR count). The van der Waals surface area contributed by atoms with E-state index in [1.807, 2.05) is 6.92 Å². The number of aliphatic hydroxyl groups excluding tert-OH is 1. The SMILES string of the molecule is CC(O)CN(C)CC1(CNC2CC2)CCCOC1. The largest absolute Gasteiger partial charge is 0.392 e. The molecule has 0 bridgehead atoms. The lowest BCUT2D eigenvalue weighted by atomic mass is 9.81. The Bertz CT molecular complexity index is 248. The molecule has 0 radical (unpaired) electrons. The second-order valence-electron chi connectivity index (χ2n) is 6.36. The van der Waals surface area contributed by atoms with Crippen molar-refractivity contribution in [3.05, 3.63) is 0 Å². The third-order valence-electron chi connectivity index (χ3n) is 3.93. The highest BCUT2D eigenvalue weighted by molar-refractivity contribution is 4.91. The first-order valence-corrected chi connectivity index (χ1v) is 7.27. The Kier molecular flexibility index (Phi) is 5.01. The molecule has 0 aromatic heterocycles. The number of nitrogens with zero attached hydrogens (tertiary/aromatic N) is 1. The zero-order valence-electron chi connectivity index (χ0n) is 11.8. The fraction of sp³-hybridized carbons (Fsp3) is 1.00. The van der Waals surface area contributed by atoms with Crippen LogP contribution >= 0.6 is 0 Å². The van der Waals surface area contributed by atoms with Crippen molar-refractivity contribution in [2.75, 3.05) is 39.9 Å². The van der Waals surface area contributed by atoms with Gasteiger partial charge in [-0.2, -0.15) is 0 Å². The molecule has 1 aliphatic heterocycles. The number of hydrogen-bond donors (Lipinski definition) is 2. The van der Waals surface area contributed by atoms with E-state index in [4.69, 9.17) is 4.74 Å². The van der Waals surface area contributed by atoms with Crippen molar-refractivity contribution < 1.29 is 9.84 Å². The van der Waals surface area contributed by atoms with E-state index in [0.29, 0.717) is 0 Å². The molecule has 0 spiro atoms. The van der Waals surface area contributed by atoms with Gasteiger partial charge >= 0.3 is 0 Å². The maximum absolute atomic E-state index is 9.48. The lowest BCUT2D eigenvalue weighted by Crippen LogP contribution is -2.49. The summed E-state index contributed by atoms with van der Waals surface area (Å²) in [5, 5.41) is 13.1. The highest BCUT2D eigenvalue weighted by atomic mass is 16.5. The Balaban J connectivity index is 1.85. The fourth-order valence-electron chi connectivity index (χ4n) is 2.97. The van der Waals surface area contributed by atoms with Crippen LogP contribution in [-0.4, -0.2) is 62.0 Å². The summed E-state index contributed by atoms with van der Waals surface area (Å²) in [6, 6.07) is 0.755. The molecule has 1 heterocycles. The molecular formula is C14H28N2O2. The van der Waals surface area contributed by atoms with Crippen molar-refractivity contribution in [1.82, 2.24) is 10.2 Å². The van der Waals surface area contributed by atoms with Crippen LogP contribution in [0.5, 0.6) is 0 Å². The van der Waals surface area contributed by atoms with E-state index in [1.165, 1.54) is 19.3 Å². The third kappa shape index (κ3) is 4.50. The molecule has 1 saturated heterocycles. The maximum atomic E-state index is 9.48. The van der Waals surface area contributed by atoms with Crippen LogP contribution in [0.15, 0.2) is 0 Å². The molecule has 18 heavy (non-hydrogen) atoms. The van der Waals surface area contributed by atoms with Crippen molar-refractivity contribution in [1.29, 1.82) is 0 Å². The smallest absolute Gasteiger partial charge is 0.0638 e. The van der Waals surface area contributed by atoms with Crippen molar-refractivity contribution >= 4 is 0 Å². The van der Waals surface area contributed by atoms with Crippen molar-refractivity contribution in [3.8, 4) is 0 Å². The average molecular weight is 256 g/mol. The summed E-state index contributed by atoms with van der Waals surface area (Å²) >= 11 is 0. The summed E-state index contributed by atoms with van der Waals surface area (Å²) in [7, 11) is 2.10. The third-order valence-corrected chi connectivity index (χ3v) is 3.93. The quantitative estimate of drug-likeness (QED) is 0.709. The van der Waals surface area contributed by atoms with Gasteiger partial charge in [0.1, 0.15) is 0 Å². The zero-order valence-corrected chi connectivity index (χ0v) is 11.8. The second kappa shape index (κ2) is 6.33. The van der Waals surface area contributed by atoms with Gasteiger partial charge in [0.25, 0.3) is 0 Å². The molecule has 2 N–H and O–H groups in total. The number of aliphatic hydroxyl groups is 1. The maximum Gasteiger partial charge on any atom is 0.0638 e. The zero-order chi connectivity index (χ0) is 13.0. The molecule has 2 aliphatic rings. The van der Waals surface area contributed by atoms with Crippen molar-refractivity contribution in [2.45, 2.75) is 44.8 Å². The highest BCUT2D eigenvalue weighted by Gasteiger charge is 2.35. The van der Waals surface area contributed by atoms with Gasteiger partial charge in [0.05, 0.1) is 12.7 Å². The Labute approximate surface area is 111 Å². The summed E-state index contributed by atoms with van der Waals surface area (Å²) in [6.45, 7) is 6.43. The van der Waals surface area contributed by atoms with Crippen molar-refractivity contribution in [3.63, 3.8) is 0 Å². The molecule has 0 aromatic carbocycles. The van der Waals surface area contributed by atoms with E-state index in [2.05, 4.69) is 17.3 Å². The minimum absolute atomic E-state index is 0.241. The van der Waals surface area contributed by atoms with Crippen LogP contribution in [0, 0.1) is 5.41 Å². The van der Waals surface area contributed by atoms with Crippen LogP contribution < -0.4 is 5.32 Å². The molecule has 1 aliphatic carbocycles. The van der Waals surface area contributed by atoms with E-state index in [0.717, 1.165) is 45.3 Å². The van der Waals surface area contributed by atoms with Crippen LogP contribution in [0.25, 0.3) is 0 Å². The highest BCUT2D eigenvalue weighted by Crippen LogP contribution is 2.30. The molecule has 4 nitrogen and oxygen atoms in total. The monoisotopic (exact) mass is 256 g/mol. The van der Waals surface area contributed by atoms with Crippen LogP contribution in [0.1, 0.15) is 32.6 Å². The molecule has 1 saturated carbocycles. The Hall–Kier alpha value is -0.160. The number of likely N-dealkylation sites (N-methyl/N-ethyl adjacent to an activating group) is 1. The van der Waals surface area contributed by atoms with Crippen molar-refractivity contribution in [2.24, 2.45) is 5.41 Å². The molecule has 2 atom stereocenters. The standard InChI is InChI=1S/C14H28N2O2/c1-12(17)8-16(2)10-14(6-3-7-18-11-14)9-15-13-4-5-13/h12-13,15,17H,3-11H2,1-2H3. The summed E-state index contributed by atoms with van der Waals surface area (Å²) in [6.07, 6.45) is 4.81. The number of ether oxygens (including phenoxy) is 1. The molecule has 0 amide bonds. The summed E-state index contributed by atoms with van der Waals surface area (Å²) < 4.78 is 5.71. The normalized spacial score (nSPS) is 30.7. The van der Waals surface area contributed by atoms with Gasteiger partial charge in [-0.1, -0.05) is 0 Å². The predicted molar refractivity (Wildman–Crippen MR) is 72.7 cm³/mol. The van der Waals surface area contributed by atoms with Gasteiger partial charge in [0.2, 0.25) is 0 Å². The molecule has 2 unspecified atom stereocenters. The van der Waals surface area contributed by atoms with Gasteiger partial charge in [0.15, 0.2) is 0 Å². The number of hydrogen-bond acceptors (Lipinski definition) is 4. The minimum Gasteiger partial charge on any atom is -0.392 e. The van der Waals surface area contributed by atoms with Crippen LogP contribution in [0.3, 0.4) is 0 Å². The number of rotatable bonds is 7. The van der Waals surface area contributed by atoms with Gasteiger partial charge < -0.3 is 20.1 Å². The average Bonchev–Trinajstić information content (AvgIpc) is 3.10. The molecule has 2 fully saturated rings. The number of nitrogens with one attached hydrogen (secondary N) is 1. The Morgan fingerprint density at radius 3 is 2.83 bits per heavy atom. The minimum atomic E-state index is -0.257. The van der Waals surface area contributed by atoms with E-state index in [-0.39, 0.29) is 11.5 Å². The van der Waals surface area contributed by atoms with Gasteiger partial charge in [-0.05, 0) is 39.7 Å². The van der Waals surface area contributed by atoms with Crippen LogP contribution in [0.2, 0.25) is 0 Å². The summed E-state index contributed by atoms with van der Waals surface area (Å²) in [5.41, 5.74) is 0.241. The van der Waals surface area contributed by atoms with Gasteiger partial charge in [-0.3, -0.25) is 0 Å². The summed E-state index contributed by atoms with van der Waals surface area (Å²) in [5.74, 6) is 0. The predicted octanol–water partition coefficient (Wildman–Crippen LogP) is 0.848. The van der Waals surface area contributed by atoms with Crippen LogP contribution in [0.4, 0.5) is 0 Å². The summed E-state index contributed by atoms with van der Waals surface area (Å²) in [4.78, 5) is 2.24. The lowest BCUT2D eigenvalue weighted by Gasteiger charge is -2.40. The lowest BCUT2D eigenvalue weighted by molar-refractivity contribution is -0.0270. The first kappa shape index (κ1) is 14.3. The fourth-order valence-corrected chi connectivity index (χ4v) is 2.97. The van der Waals surface area contributed by atoms with Gasteiger partial charge in [-0.25, -0.2) is 0 Å². The van der Waals surface area contributed by atoms with E-state index < -0.39 is 0 Å².